The maximum Gasteiger partial charge on any atom is 0.151 e. The zero-order chi connectivity index (χ0) is 14.5. The number of rotatable bonds is 5. The van der Waals surface area contributed by atoms with Crippen LogP contribution in [-0.4, -0.2) is 50.6 Å². The summed E-state index contributed by atoms with van der Waals surface area (Å²) in [6, 6.07) is 4.56. The van der Waals surface area contributed by atoms with Gasteiger partial charge in [0.2, 0.25) is 0 Å². The average molecular weight is 287 g/mol. The third kappa shape index (κ3) is 3.75. The Labute approximate surface area is 124 Å². The summed E-state index contributed by atoms with van der Waals surface area (Å²) in [4.78, 5) is 6.26. The second-order valence-electron chi connectivity index (χ2n) is 5.43. The summed E-state index contributed by atoms with van der Waals surface area (Å²) in [5.74, 6) is 0.975. The monoisotopic (exact) mass is 287 g/mol. The van der Waals surface area contributed by atoms with E-state index >= 15 is 0 Å². The van der Waals surface area contributed by atoms with Gasteiger partial charge >= 0.3 is 0 Å². The number of aromatic nitrogens is 5. The van der Waals surface area contributed by atoms with Crippen LogP contribution in [0.15, 0.2) is 24.8 Å². The number of nitrogens with one attached hydrogen (secondary N) is 1. The van der Waals surface area contributed by atoms with E-state index in [0.717, 1.165) is 37.7 Å². The molecule has 0 amide bonds. The number of piperidine rings is 1. The fourth-order valence-corrected chi connectivity index (χ4v) is 2.64. The van der Waals surface area contributed by atoms with E-state index in [1.54, 1.807) is 12.7 Å². The Bertz CT molecular complexity index is 537. The molecule has 2 aromatic rings. The molecule has 7 heteroatoms. The van der Waals surface area contributed by atoms with E-state index in [4.69, 9.17) is 0 Å². The van der Waals surface area contributed by atoms with Gasteiger partial charge in [0.05, 0.1) is 12.2 Å². The van der Waals surface area contributed by atoms with Gasteiger partial charge in [-0.1, -0.05) is 0 Å². The molecule has 0 unspecified atom stereocenters. The first-order valence-electron chi connectivity index (χ1n) is 7.42. The fraction of sp³-hybridized carbons (Fsp3) is 0.571. The van der Waals surface area contributed by atoms with Gasteiger partial charge in [-0.3, -0.25) is 4.68 Å². The van der Waals surface area contributed by atoms with Gasteiger partial charge in [-0.2, -0.15) is 10.2 Å². The van der Waals surface area contributed by atoms with E-state index in [1.165, 1.54) is 12.8 Å². The van der Waals surface area contributed by atoms with Gasteiger partial charge in [-0.15, -0.1) is 5.10 Å². The number of hydrogen-bond donors (Lipinski definition) is 1. The number of nitrogens with zero attached hydrogens (tertiary/aromatic N) is 6. The predicted octanol–water partition coefficient (Wildman–Crippen LogP) is 0.635. The molecule has 1 aliphatic heterocycles. The van der Waals surface area contributed by atoms with Crippen molar-refractivity contribution < 1.29 is 0 Å². The SMILES string of the molecule is Cc1ccc(N2CCC[C@H](NCCn3cncn3)C2)nn1. The molecule has 0 saturated carbocycles. The van der Waals surface area contributed by atoms with E-state index in [0.29, 0.717) is 6.04 Å². The van der Waals surface area contributed by atoms with Crippen LogP contribution in [0.4, 0.5) is 5.82 Å². The molecule has 0 bridgehead atoms. The summed E-state index contributed by atoms with van der Waals surface area (Å²) in [5.41, 5.74) is 0.957. The zero-order valence-corrected chi connectivity index (χ0v) is 12.3. The predicted molar refractivity (Wildman–Crippen MR) is 80.0 cm³/mol. The Morgan fingerprint density at radius 3 is 3.05 bits per heavy atom. The van der Waals surface area contributed by atoms with Gasteiger partial charge in [0.15, 0.2) is 5.82 Å². The number of aryl methyl sites for hydroxylation is 1. The highest BCUT2D eigenvalue weighted by molar-refractivity contribution is 5.38. The lowest BCUT2D eigenvalue weighted by molar-refractivity contribution is 0.406. The highest BCUT2D eigenvalue weighted by Gasteiger charge is 2.20. The highest BCUT2D eigenvalue weighted by atomic mass is 15.3. The van der Waals surface area contributed by atoms with Crippen LogP contribution in [0.25, 0.3) is 0 Å². The van der Waals surface area contributed by atoms with Crippen LogP contribution in [0.2, 0.25) is 0 Å². The molecule has 0 aliphatic carbocycles. The molecule has 3 rings (SSSR count). The topological polar surface area (TPSA) is 71.8 Å². The summed E-state index contributed by atoms with van der Waals surface area (Å²) < 4.78 is 1.85. The molecule has 112 valence electrons. The van der Waals surface area contributed by atoms with Gasteiger partial charge in [0.1, 0.15) is 12.7 Å². The molecule has 1 atom stereocenters. The average Bonchev–Trinajstić information content (AvgIpc) is 3.02. The molecule has 1 fully saturated rings. The van der Waals surface area contributed by atoms with Crippen LogP contribution in [0.3, 0.4) is 0 Å². The minimum absolute atomic E-state index is 0.491. The second kappa shape index (κ2) is 6.62. The molecule has 2 aromatic heterocycles. The summed E-state index contributed by atoms with van der Waals surface area (Å²) in [7, 11) is 0. The smallest absolute Gasteiger partial charge is 0.151 e. The summed E-state index contributed by atoms with van der Waals surface area (Å²) in [5, 5.41) is 16.1. The van der Waals surface area contributed by atoms with Crippen molar-refractivity contribution in [2.24, 2.45) is 0 Å². The lowest BCUT2D eigenvalue weighted by Crippen LogP contribution is -2.46. The first kappa shape index (κ1) is 13.9. The lowest BCUT2D eigenvalue weighted by atomic mass is 10.1. The van der Waals surface area contributed by atoms with Crippen molar-refractivity contribution in [2.75, 3.05) is 24.5 Å². The van der Waals surface area contributed by atoms with Crippen molar-refractivity contribution in [2.45, 2.75) is 32.4 Å². The van der Waals surface area contributed by atoms with Gasteiger partial charge in [-0.05, 0) is 31.9 Å². The summed E-state index contributed by atoms with van der Waals surface area (Å²) in [6.45, 7) is 5.75. The van der Waals surface area contributed by atoms with Crippen LogP contribution < -0.4 is 10.2 Å². The summed E-state index contributed by atoms with van der Waals surface area (Å²) >= 11 is 0. The molecule has 0 aromatic carbocycles. The van der Waals surface area contributed by atoms with Gasteiger partial charge in [0.25, 0.3) is 0 Å². The zero-order valence-electron chi connectivity index (χ0n) is 12.3. The second-order valence-corrected chi connectivity index (χ2v) is 5.43. The van der Waals surface area contributed by atoms with Gasteiger partial charge < -0.3 is 10.2 Å². The highest BCUT2D eigenvalue weighted by Crippen LogP contribution is 2.17. The van der Waals surface area contributed by atoms with Gasteiger partial charge in [0, 0.05) is 25.7 Å². The summed E-state index contributed by atoms with van der Waals surface area (Å²) in [6.07, 6.45) is 5.69. The first-order chi connectivity index (χ1) is 10.3. The molecule has 7 nitrogen and oxygen atoms in total. The normalized spacial score (nSPS) is 18.9. The van der Waals surface area contributed by atoms with Crippen molar-refractivity contribution in [1.29, 1.82) is 0 Å². The van der Waals surface area contributed by atoms with Crippen molar-refractivity contribution in [3.63, 3.8) is 0 Å². The molecule has 0 spiro atoms. The first-order valence-corrected chi connectivity index (χ1v) is 7.42. The van der Waals surface area contributed by atoms with E-state index in [1.807, 2.05) is 17.7 Å². The molecular weight excluding hydrogens is 266 g/mol. The lowest BCUT2D eigenvalue weighted by Gasteiger charge is -2.33. The largest absolute Gasteiger partial charge is 0.354 e. The molecule has 1 saturated heterocycles. The van der Waals surface area contributed by atoms with E-state index in [2.05, 4.69) is 36.6 Å². The minimum atomic E-state index is 0.491. The molecule has 0 radical (unpaired) electrons. The van der Waals surface area contributed by atoms with Crippen LogP contribution in [-0.2, 0) is 6.54 Å². The maximum atomic E-state index is 4.28. The van der Waals surface area contributed by atoms with E-state index in [9.17, 15) is 0 Å². The molecule has 21 heavy (non-hydrogen) atoms. The molecule has 1 N–H and O–H groups in total. The standard InChI is InChI=1S/C14H21N7/c1-12-4-5-14(19-18-12)20-7-2-3-13(9-20)16-6-8-21-11-15-10-17-21/h4-5,10-11,13,16H,2-3,6-9H2,1H3/t13-/m0/s1. The van der Waals surface area contributed by atoms with Crippen LogP contribution in [0.1, 0.15) is 18.5 Å². The fourth-order valence-electron chi connectivity index (χ4n) is 2.64. The third-order valence-corrected chi connectivity index (χ3v) is 3.77. The molecule has 3 heterocycles. The van der Waals surface area contributed by atoms with E-state index < -0.39 is 0 Å². The molecular formula is C14H21N7. The van der Waals surface area contributed by atoms with Crippen molar-refractivity contribution in [3.05, 3.63) is 30.5 Å². The third-order valence-electron chi connectivity index (χ3n) is 3.77. The maximum absolute atomic E-state index is 4.28. The number of anilines is 1. The van der Waals surface area contributed by atoms with E-state index in [-0.39, 0.29) is 0 Å². The van der Waals surface area contributed by atoms with Crippen LogP contribution in [0, 0.1) is 6.92 Å². The quantitative estimate of drug-likeness (QED) is 0.870. The Balaban J connectivity index is 1.49. The van der Waals surface area contributed by atoms with Crippen molar-refractivity contribution in [1.82, 2.24) is 30.3 Å². The van der Waals surface area contributed by atoms with Crippen LogP contribution >= 0.6 is 0 Å². The van der Waals surface area contributed by atoms with Crippen LogP contribution in [0.5, 0.6) is 0 Å². The Hall–Kier alpha value is -2.02. The minimum Gasteiger partial charge on any atom is -0.354 e. The Morgan fingerprint density at radius 1 is 1.33 bits per heavy atom. The Morgan fingerprint density at radius 2 is 2.29 bits per heavy atom. The van der Waals surface area contributed by atoms with Crippen molar-refractivity contribution >= 4 is 5.82 Å². The van der Waals surface area contributed by atoms with Crippen molar-refractivity contribution in [3.8, 4) is 0 Å². The Kier molecular flexibility index (Phi) is 4.40. The van der Waals surface area contributed by atoms with Gasteiger partial charge in [-0.25, -0.2) is 4.98 Å². The molecule has 1 aliphatic rings. The number of hydrogen-bond acceptors (Lipinski definition) is 6.